The molecule has 1 aromatic heterocycles. The highest BCUT2D eigenvalue weighted by Crippen LogP contribution is 2.31. The Morgan fingerprint density at radius 3 is 2.44 bits per heavy atom. The summed E-state index contributed by atoms with van der Waals surface area (Å²) < 4.78 is 45.9. The van der Waals surface area contributed by atoms with Gasteiger partial charge in [-0.3, -0.25) is 0 Å². The topological polar surface area (TPSA) is 64.4 Å². The summed E-state index contributed by atoms with van der Waals surface area (Å²) in [4.78, 5) is 12.4. The molecular formula is C27H25F3N2O3S. The fourth-order valence-electron chi connectivity index (χ4n) is 3.67. The molecule has 1 heterocycles. The molecule has 5 nitrogen and oxygen atoms in total. The van der Waals surface area contributed by atoms with E-state index in [9.17, 15) is 23.1 Å². The van der Waals surface area contributed by atoms with Crippen molar-refractivity contribution in [3.05, 3.63) is 83.6 Å². The lowest BCUT2D eigenvalue weighted by Gasteiger charge is -2.23. The Bertz CT molecular complexity index is 1400. The zero-order valence-corrected chi connectivity index (χ0v) is 20.8. The number of carboxylic acid groups (broad SMARTS) is 1. The average Bonchev–Trinajstić information content (AvgIpc) is 3.25. The first-order chi connectivity index (χ1) is 16.9. The number of alkyl halides is 3. The number of hydrogen-bond acceptors (Lipinski definition) is 4. The summed E-state index contributed by atoms with van der Waals surface area (Å²) in [6, 6.07) is 16.5. The molecule has 0 aliphatic carbocycles. The molecule has 0 unspecified atom stereocenters. The number of thioether (sulfide) groups is 1. The van der Waals surface area contributed by atoms with Crippen molar-refractivity contribution in [2.45, 2.75) is 43.9 Å². The van der Waals surface area contributed by atoms with Gasteiger partial charge in [-0.15, -0.1) is 11.8 Å². The van der Waals surface area contributed by atoms with Gasteiger partial charge in [-0.1, -0.05) is 18.2 Å². The number of ether oxygens (including phenoxy) is 1. The number of aliphatic carboxylic acids is 1. The molecule has 0 atom stereocenters. The Morgan fingerprint density at radius 1 is 1.08 bits per heavy atom. The monoisotopic (exact) mass is 514 g/mol. The third-order valence-electron chi connectivity index (χ3n) is 5.75. The second-order valence-corrected chi connectivity index (χ2v) is 10.1. The number of carboxylic acids is 1. The van der Waals surface area contributed by atoms with Crippen LogP contribution in [0.15, 0.2) is 71.8 Å². The molecule has 0 radical (unpaired) electrons. The normalized spacial score (nSPS) is 12.2. The molecule has 0 bridgehead atoms. The highest BCUT2D eigenvalue weighted by molar-refractivity contribution is 7.99. The maximum atomic E-state index is 12.9. The maximum absolute atomic E-state index is 12.9. The van der Waals surface area contributed by atoms with E-state index in [2.05, 4.69) is 5.10 Å². The van der Waals surface area contributed by atoms with E-state index in [1.54, 1.807) is 22.5 Å². The number of hydrogen-bond donors (Lipinski definition) is 1. The van der Waals surface area contributed by atoms with Crippen molar-refractivity contribution in [1.29, 1.82) is 0 Å². The molecule has 1 N–H and O–H groups in total. The Labute approximate surface area is 210 Å². The standard InChI is InChI=1S/C27H25F3N2O3S/c1-17-15-22(11-12-23(17)35-26(2,3)25(33)34)36-14-13-18-5-4-6-19-16-32(31-24(18)19)21-9-7-20(8-10-21)27(28,29)30/h4-12,15-16H,13-14H2,1-3H3,(H,33,34). The predicted octanol–water partition coefficient (Wildman–Crippen LogP) is 6.93. The van der Waals surface area contributed by atoms with Crippen molar-refractivity contribution in [2.75, 3.05) is 5.75 Å². The Hall–Kier alpha value is -3.46. The molecule has 0 saturated carbocycles. The number of rotatable bonds is 8. The van der Waals surface area contributed by atoms with Crippen LogP contribution >= 0.6 is 11.8 Å². The quantitative estimate of drug-likeness (QED) is 0.258. The zero-order valence-electron chi connectivity index (χ0n) is 20.0. The zero-order chi connectivity index (χ0) is 26.1. The van der Waals surface area contributed by atoms with Gasteiger partial charge in [0.15, 0.2) is 5.60 Å². The van der Waals surface area contributed by atoms with E-state index in [1.165, 1.54) is 26.0 Å². The molecule has 188 valence electrons. The summed E-state index contributed by atoms with van der Waals surface area (Å²) >= 11 is 1.67. The van der Waals surface area contributed by atoms with Crippen molar-refractivity contribution in [3.8, 4) is 11.4 Å². The van der Waals surface area contributed by atoms with E-state index >= 15 is 0 Å². The first-order valence-corrected chi connectivity index (χ1v) is 12.2. The minimum Gasteiger partial charge on any atom is -0.478 e. The molecule has 0 aliphatic rings. The fraction of sp³-hybridized carbons (Fsp3) is 0.259. The molecule has 0 saturated heterocycles. The molecule has 4 rings (SSSR count). The predicted molar refractivity (Wildman–Crippen MR) is 134 cm³/mol. The minimum absolute atomic E-state index is 0.533. The van der Waals surface area contributed by atoms with Crippen molar-refractivity contribution in [3.63, 3.8) is 0 Å². The first kappa shape index (κ1) is 25.6. The van der Waals surface area contributed by atoms with E-state index in [0.717, 1.165) is 51.2 Å². The van der Waals surface area contributed by atoms with E-state index in [-0.39, 0.29) is 0 Å². The van der Waals surface area contributed by atoms with Gasteiger partial charge in [0.1, 0.15) is 5.75 Å². The molecule has 0 spiro atoms. The van der Waals surface area contributed by atoms with Crippen LogP contribution < -0.4 is 4.74 Å². The summed E-state index contributed by atoms with van der Waals surface area (Å²) in [5.41, 5.74) is 1.26. The van der Waals surface area contributed by atoms with Crippen LogP contribution in [0.4, 0.5) is 13.2 Å². The summed E-state index contributed by atoms with van der Waals surface area (Å²) in [7, 11) is 0. The third-order valence-corrected chi connectivity index (χ3v) is 6.74. The van der Waals surface area contributed by atoms with E-state index in [4.69, 9.17) is 4.74 Å². The van der Waals surface area contributed by atoms with Gasteiger partial charge in [-0.25, -0.2) is 9.48 Å². The molecule has 9 heteroatoms. The van der Waals surface area contributed by atoms with Crippen LogP contribution in [0.5, 0.6) is 5.75 Å². The molecule has 4 aromatic rings. The van der Waals surface area contributed by atoms with Crippen LogP contribution in [-0.4, -0.2) is 32.2 Å². The average molecular weight is 515 g/mol. The van der Waals surface area contributed by atoms with Crippen molar-refractivity contribution < 1.29 is 27.8 Å². The number of benzene rings is 3. The van der Waals surface area contributed by atoms with Crippen LogP contribution in [0.3, 0.4) is 0 Å². The SMILES string of the molecule is Cc1cc(SCCc2cccc3cn(-c4ccc(C(F)(F)F)cc4)nc23)ccc1OC(C)(C)C(=O)O. The van der Waals surface area contributed by atoms with E-state index in [0.29, 0.717) is 11.4 Å². The molecule has 0 amide bonds. The van der Waals surface area contributed by atoms with Gasteiger partial charge >= 0.3 is 12.1 Å². The third kappa shape index (κ3) is 5.67. The molecule has 36 heavy (non-hydrogen) atoms. The molecule has 0 aliphatic heterocycles. The second-order valence-electron chi connectivity index (χ2n) is 8.92. The van der Waals surface area contributed by atoms with Crippen LogP contribution in [0, 0.1) is 6.92 Å². The molecule has 3 aromatic carbocycles. The maximum Gasteiger partial charge on any atom is 0.416 e. The first-order valence-electron chi connectivity index (χ1n) is 11.2. The van der Waals surface area contributed by atoms with Crippen molar-refractivity contribution in [1.82, 2.24) is 9.78 Å². The van der Waals surface area contributed by atoms with Gasteiger partial charge in [0.2, 0.25) is 0 Å². The fourth-order valence-corrected chi connectivity index (χ4v) is 4.65. The number of nitrogens with zero attached hydrogens (tertiary/aromatic N) is 2. The number of fused-ring (bicyclic) bond motifs is 1. The van der Waals surface area contributed by atoms with Crippen LogP contribution in [-0.2, 0) is 17.4 Å². The summed E-state index contributed by atoms with van der Waals surface area (Å²) in [6.45, 7) is 4.90. The smallest absolute Gasteiger partial charge is 0.416 e. The number of aryl methyl sites for hydroxylation is 2. The van der Waals surface area contributed by atoms with Gasteiger partial charge in [-0.2, -0.15) is 18.3 Å². The highest BCUT2D eigenvalue weighted by Gasteiger charge is 2.30. The summed E-state index contributed by atoms with van der Waals surface area (Å²) in [6.07, 6.45) is -1.82. The van der Waals surface area contributed by atoms with Gasteiger partial charge < -0.3 is 9.84 Å². The number of carbonyl (C=O) groups is 1. The van der Waals surface area contributed by atoms with E-state index in [1.807, 2.05) is 43.5 Å². The lowest BCUT2D eigenvalue weighted by Crippen LogP contribution is -2.38. The van der Waals surface area contributed by atoms with Gasteiger partial charge in [0, 0.05) is 22.2 Å². The largest absolute Gasteiger partial charge is 0.478 e. The molecule has 0 fully saturated rings. The highest BCUT2D eigenvalue weighted by atomic mass is 32.2. The number of aromatic nitrogens is 2. The number of halogens is 3. The Kier molecular flexibility index (Phi) is 7.04. The molecular weight excluding hydrogens is 489 g/mol. The lowest BCUT2D eigenvalue weighted by atomic mass is 10.1. The van der Waals surface area contributed by atoms with Gasteiger partial charge in [0.25, 0.3) is 0 Å². The van der Waals surface area contributed by atoms with E-state index < -0.39 is 23.3 Å². The second kappa shape index (κ2) is 9.89. The van der Waals surface area contributed by atoms with Crippen LogP contribution in [0.25, 0.3) is 16.6 Å². The van der Waals surface area contributed by atoms with Crippen LogP contribution in [0.1, 0.15) is 30.5 Å². The minimum atomic E-state index is -4.38. The summed E-state index contributed by atoms with van der Waals surface area (Å²) in [5.74, 6) is 0.285. The van der Waals surface area contributed by atoms with Crippen LogP contribution in [0.2, 0.25) is 0 Å². The van der Waals surface area contributed by atoms with Crippen molar-refractivity contribution >= 4 is 28.6 Å². The summed E-state index contributed by atoms with van der Waals surface area (Å²) in [5, 5.41) is 14.8. The van der Waals surface area contributed by atoms with Gasteiger partial charge in [0.05, 0.1) is 16.8 Å². The lowest BCUT2D eigenvalue weighted by molar-refractivity contribution is -0.152. The Morgan fingerprint density at radius 2 is 1.81 bits per heavy atom. The van der Waals surface area contributed by atoms with Gasteiger partial charge in [-0.05, 0) is 80.8 Å². The Balaban J connectivity index is 1.45. The van der Waals surface area contributed by atoms with Crippen molar-refractivity contribution in [2.24, 2.45) is 0 Å².